The van der Waals surface area contributed by atoms with E-state index in [1.165, 1.54) is 9.30 Å². The SMILES string of the molecule is CN1CCCC(N(C)C(=O)c2csc(I)c2)C1. The molecular weight excluding hydrogens is 347 g/mol. The van der Waals surface area contributed by atoms with E-state index in [0.29, 0.717) is 6.04 Å². The molecule has 0 N–H and O–H groups in total. The third-order valence-electron chi connectivity index (χ3n) is 3.28. The summed E-state index contributed by atoms with van der Waals surface area (Å²) in [7, 11) is 4.05. The number of carbonyl (C=O) groups excluding carboxylic acids is 1. The van der Waals surface area contributed by atoms with E-state index in [1.54, 1.807) is 11.3 Å². The highest BCUT2D eigenvalue weighted by Crippen LogP contribution is 2.20. The van der Waals surface area contributed by atoms with Gasteiger partial charge in [-0.15, -0.1) is 11.3 Å². The van der Waals surface area contributed by atoms with Gasteiger partial charge in [0.15, 0.2) is 0 Å². The Balaban J connectivity index is 2.04. The van der Waals surface area contributed by atoms with E-state index < -0.39 is 0 Å². The third-order valence-corrected chi connectivity index (χ3v) is 5.07. The van der Waals surface area contributed by atoms with Crippen LogP contribution < -0.4 is 0 Å². The van der Waals surface area contributed by atoms with Crippen LogP contribution in [-0.4, -0.2) is 48.9 Å². The zero-order chi connectivity index (χ0) is 12.4. The number of hydrogen-bond donors (Lipinski definition) is 0. The molecule has 0 aromatic carbocycles. The summed E-state index contributed by atoms with van der Waals surface area (Å²) in [6.07, 6.45) is 2.30. The predicted molar refractivity (Wildman–Crippen MR) is 79.6 cm³/mol. The number of piperidine rings is 1. The van der Waals surface area contributed by atoms with E-state index in [2.05, 4.69) is 34.5 Å². The Morgan fingerprint density at radius 2 is 2.41 bits per heavy atom. The first-order valence-corrected chi connectivity index (χ1v) is 7.73. The normalized spacial score (nSPS) is 21.5. The smallest absolute Gasteiger partial charge is 0.254 e. The fourth-order valence-electron chi connectivity index (χ4n) is 2.25. The third kappa shape index (κ3) is 3.20. The first-order chi connectivity index (χ1) is 8.08. The van der Waals surface area contributed by atoms with Crippen molar-refractivity contribution in [3.05, 3.63) is 19.9 Å². The molecule has 1 unspecified atom stereocenters. The number of likely N-dealkylation sites (N-methyl/N-ethyl adjacent to an activating group) is 2. The van der Waals surface area contributed by atoms with Gasteiger partial charge >= 0.3 is 0 Å². The summed E-state index contributed by atoms with van der Waals surface area (Å²) in [6, 6.07) is 2.33. The molecule has 0 saturated carbocycles. The van der Waals surface area contributed by atoms with Crippen LogP contribution in [0.3, 0.4) is 0 Å². The van der Waals surface area contributed by atoms with Crippen molar-refractivity contribution in [2.45, 2.75) is 18.9 Å². The molecule has 0 radical (unpaired) electrons. The Bertz CT molecular complexity index is 407. The summed E-state index contributed by atoms with van der Waals surface area (Å²) in [4.78, 5) is 16.5. The summed E-state index contributed by atoms with van der Waals surface area (Å²) in [5, 5.41) is 1.95. The van der Waals surface area contributed by atoms with E-state index in [1.807, 2.05) is 23.4 Å². The topological polar surface area (TPSA) is 23.6 Å². The summed E-state index contributed by atoms with van der Waals surface area (Å²) in [5.41, 5.74) is 0.829. The number of hydrogen-bond acceptors (Lipinski definition) is 3. The maximum absolute atomic E-state index is 12.3. The zero-order valence-corrected chi connectivity index (χ0v) is 13.1. The number of rotatable bonds is 2. The molecule has 5 heteroatoms. The van der Waals surface area contributed by atoms with Gasteiger partial charge in [-0.25, -0.2) is 0 Å². The second-order valence-electron chi connectivity index (χ2n) is 4.61. The van der Waals surface area contributed by atoms with Crippen molar-refractivity contribution in [1.29, 1.82) is 0 Å². The molecule has 2 heterocycles. The molecule has 3 nitrogen and oxygen atoms in total. The minimum absolute atomic E-state index is 0.157. The predicted octanol–water partition coefficient (Wildman–Crippen LogP) is 2.52. The van der Waals surface area contributed by atoms with Gasteiger partial charge in [0, 0.05) is 25.0 Å². The Morgan fingerprint density at radius 3 is 3.00 bits per heavy atom. The number of amides is 1. The van der Waals surface area contributed by atoms with Crippen LogP contribution in [-0.2, 0) is 0 Å². The van der Waals surface area contributed by atoms with Crippen molar-refractivity contribution in [3.63, 3.8) is 0 Å². The Kier molecular flexibility index (Phi) is 4.43. The standard InChI is InChI=1S/C12H17IN2OS/c1-14-5-3-4-10(7-14)15(2)12(16)9-6-11(13)17-8-9/h6,8,10H,3-5,7H2,1-2H3. The Labute approximate surface area is 120 Å². The van der Waals surface area contributed by atoms with Crippen molar-refractivity contribution < 1.29 is 4.79 Å². The highest BCUT2D eigenvalue weighted by Gasteiger charge is 2.25. The lowest BCUT2D eigenvalue weighted by Crippen LogP contribution is -2.47. The minimum Gasteiger partial charge on any atom is -0.337 e. The number of likely N-dealkylation sites (tertiary alicyclic amines) is 1. The average molecular weight is 364 g/mol. The second kappa shape index (κ2) is 5.67. The molecule has 1 aliphatic heterocycles. The largest absolute Gasteiger partial charge is 0.337 e. The van der Waals surface area contributed by atoms with Crippen molar-refractivity contribution in [3.8, 4) is 0 Å². The van der Waals surface area contributed by atoms with Crippen LogP contribution in [0.4, 0.5) is 0 Å². The van der Waals surface area contributed by atoms with Gasteiger partial charge in [0.1, 0.15) is 0 Å². The lowest BCUT2D eigenvalue weighted by Gasteiger charge is -2.35. The first-order valence-electron chi connectivity index (χ1n) is 5.77. The van der Waals surface area contributed by atoms with Crippen molar-refractivity contribution >= 4 is 39.8 Å². The van der Waals surface area contributed by atoms with E-state index in [9.17, 15) is 4.79 Å². The van der Waals surface area contributed by atoms with Crippen LogP contribution in [0.5, 0.6) is 0 Å². The molecular formula is C12H17IN2OS. The monoisotopic (exact) mass is 364 g/mol. The molecule has 1 aromatic heterocycles. The van der Waals surface area contributed by atoms with Crippen LogP contribution in [0.25, 0.3) is 0 Å². The molecule has 1 amide bonds. The molecule has 94 valence electrons. The van der Waals surface area contributed by atoms with Crippen molar-refractivity contribution in [2.24, 2.45) is 0 Å². The van der Waals surface area contributed by atoms with Gasteiger partial charge in [-0.05, 0) is 55.1 Å². The average Bonchev–Trinajstić information content (AvgIpc) is 2.74. The van der Waals surface area contributed by atoms with E-state index in [-0.39, 0.29) is 5.91 Å². The molecule has 17 heavy (non-hydrogen) atoms. The van der Waals surface area contributed by atoms with Crippen molar-refractivity contribution in [1.82, 2.24) is 9.80 Å². The summed E-state index contributed by atoms with van der Waals surface area (Å²) in [5.74, 6) is 0.157. The van der Waals surface area contributed by atoms with Gasteiger partial charge < -0.3 is 9.80 Å². The van der Waals surface area contributed by atoms with Crippen LogP contribution in [0, 0.1) is 2.88 Å². The first kappa shape index (κ1) is 13.3. The van der Waals surface area contributed by atoms with Gasteiger partial charge in [-0.1, -0.05) is 0 Å². The fourth-order valence-corrected chi connectivity index (χ4v) is 3.57. The van der Waals surface area contributed by atoms with Crippen LogP contribution in [0.1, 0.15) is 23.2 Å². The molecule has 1 saturated heterocycles. The zero-order valence-electron chi connectivity index (χ0n) is 10.1. The van der Waals surface area contributed by atoms with E-state index in [4.69, 9.17) is 0 Å². The van der Waals surface area contributed by atoms with Gasteiger partial charge in [-0.2, -0.15) is 0 Å². The summed E-state index contributed by atoms with van der Waals surface area (Å²) >= 11 is 3.88. The number of thiophene rings is 1. The molecule has 1 fully saturated rings. The van der Waals surface area contributed by atoms with Gasteiger partial charge in [0.25, 0.3) is 5.91 Å². The Morgan fingerprint density at radius 1 is 1.65 bits per heavy atom. The van der Waals surface area contributed by atoms with Gasteiger partial charge in [0.05, 0.1) is 8.45 Å². The van der Waals surface area contributed by atoms with E-state index >= 15 is 0 Å². The highest BCUT2D eigenvalue weighted by molar-refractivity contribution is 14.1. The molecule has 0 bridgehead atoms. The second-order valence-corrected chi connectivity index (χ2v) is 7.42. The Hall–Kier alpha value is -0.140. The van der Waals surface area contributed by atoms with E-state index in [0.717, 1.165) is 25.1 Å². The summed E-state index contributed by atoms with van der Waals surface area (Å²) < 4.78 is 1.17. The maximum Gasteiger partial charge on any atom is 0.254 e. The molecule has 2 rings (SSSR count). The number of halogens is 1. The lowest BCUT2D eigenvalue weighted by atomic mass is 10.0. The van der Waals surface area contributed by atoms with Crippen molar-refractivity contribution in [2.75, 3.05) is 27.2 Å². The highest BCUT2D eigenvalue weighted by atomic mass is 127. The van der Waals surface area contributed by atoms with Gasteiger partial charge in [0.2, 0.25) is 0 Å². The number of nitrogens with zero attached hydrogens (tertiary/aromatic N) is 2. The van der Waals surface area contributed by atoms with Crippen LogP contribution >= 0.6 is 33.9 Å². The van der Waals surface area contributed by atoms with Crippen LogP contribution in [0.2, 0.25) is 0 Å². The quantitative estimate of drug-likeness (QED) is 0.753. The number of carbonyl (C=O) groups is 1. The summed E-state index contributed by atoms with van der Waals surface area (Å²) in [6.45, 7) is 2.14. The molecule has 0 spiro atoms. The van der Waals surface area contributed by atoms with Crippen LogP contribution in [0.15, 0.2) is 11.4 Å². The minimum atomic E-state index is 0.157. The fraction of sp³-hybridized carbons (Fsp3) is 0.583. The maximum atomic E-state index is 12.3. The lowest BCUT2D eigenvalue weighted by molar-refractivity contribution is 0.0644. The molecule has 1 aromatic rings. The molecule has 1 aliphatic rings. The van der Waals surface area contributed by atoms with Gasteiger partial charge in [-0.3, -0.25) is 4.79 Å². The molecule has 0 aliphatic carbocycles. The molecule has 1 atom stereocenters.